The molecule has 1 aromatic carbocycles. The number of piperidine rings is 2. The minimum absolute atomic E-state index is 0.0172. The molecule has 1 amide bonds. The van der Waals surface area contributed by atoms with E-state index in [4.69, 9.17) is 4.74 Å². The number of carbonyl (C=O) groups is 1. The van der Waals surface area contributed by atoms with Crippen molar-refractivity contribution in [3.63, 3.8) is 0 Å². The lowest BCUT2D eigenvalue weighted by molar-refractivity contribution is -0.153. The van der Waals surface area contributed by atoms with Gasteiger partial charge in [0.15, 0.2) is 5.60 Å². The summed E-state index contributed by atoms with van der Waals surface area (Å²) in [5.74, 6) is 0.731. The monoisotopic (exact) mass is 360 g/mol. The van der Waals surface area contributed by atoms with Crippen LogP contribution in [0.25, 0.3) is 0 Å². The van der Waals surface area contributed by atoms with Gasteiger partial charge in [-0.1, -0.05) is 17.7 Å². The fourth-order valence-electron chi connectivity index (χ4n) is 4.53. The highest BCUT2D eigenvalue weighted by atomic mass is 16.5. The van der Waals surface area contributed by atoms with Crippen molar-refractivity contribution >= 4 is 5.91 Å². The fourth-order valence-corrected chi connectivity index (χ4v) is 4.53. The Bertz CT molecular complexity index is 643. The lowest BCUT2D eigenvalue weighted by Gasteiger charge is -2.54. The number of nitrogens with zero attached hydrogens (tertiary/aromatic N) is 2. The van der Waals surface area contributed by atoms with E-state index < -0.39 is 5.60 Å². The number of fused-ring (bicyclic) bond motifs is 1. The summed E-state index contributed by atoms with van der Waals surface area (Å²) >= 11 is 0. The predicted octanol–water partition coefficient (Wildman–Crippen LogP) is 2.46. The van der Waals surface area contributed by atoms with Crippen molar-refractivity contribution < 1.29 is 14.6 Å². The maximum absolute atomic E-state index is 13.2. The molecular formula is C21H32N2O3. The van der Waals surface area contributed by atoms with Crippen LogP contribution in [0.5, 0.6) is 5.75 Å². The zero-order valence-corrected chi connectivity index (χ0v) is 16.5. The van der Waals surface area contributed by atoms with E-state index in [0.29, 0.717) is 18.8 Å². The number of likely N-dealkylation sites (N-methyl/N-ethyl adjacent to an activating group) is 1. The quantitative estimate of drug-likeness (QED) is 0.896. The first kappa shape index (κ1) is 19.2. The van der Waals surface area contributed by atoms with Crippen molar-refractivity contribution in [2.45, 2.75) is 51.7 Å². The third-order valence-electron chi connectivity index (χ3n) is 6.21. The molecule has 2 aliphatic rings. The van der Waals surface area contributed by atoms with Gasteiger partial charge in [0.1, 0.15) is 5.75 Å². The van der Waals surface area contributed by atoms with Gasteiger partial charge < -0.3 is 19.6 Å². The van der Waals surface area contributed by atoms with Gasteiger partial charge in [-0.15, -0.1) is 0 Å². The summed E-state index contributed by atoms with van der Waals surface area (Å²) in [6, 6.07) is 8.01. The molecule has 26 heavy (non-hydrogen) atoms. The van der Waals surface area contributed by atoms with Gasteiger partial charge in [0, 0.05) is 24.5 Å². The molecule has 2 heterocycles. The Morgan fingerprint density at radius 2 is 1.96 bits per heavy atom. The topological polar surface area (TPSA) is 53.0 Å². The van der Waals surface area contributed by atoms with E-state index in [2.05, 4.69) is 11.9 Å². The molecule has 2 aliphatic heterocycles. The average Bonchev–Trinajstić information content (AvgIpc) is 2.63. The second-order valence-electron chi connectivity index (χ2n) is 8.55. The zero-order chi connectivity index (χ0) is 18.9. The standard InChI is InChI=1S/C21H32N2O3/c1-16-6-8-17(9-7-16)26-20(2,3)19(25)23-13-11-21(15-24)10-5-12-22(4)18(21)14-23/h6-9,18,24H,5,10-15H2,1-4H3/t18-,21-/m1/s1. The Balaban J connectivity index is 1.72. The normalized spacial score (nSPS) is 27.1. The average molecular weight is 360 g/mol. The van der Waals surface area contributed by atoms with Crippen LogP contribution < -0.4 is 4.74 Å². The van der Waals surface area contributed by atoms with Crippen LogP contribution in [0.15, 0.2) is 24.3 Å². The Morgan fingerprint density at radius 3 is 2.62 bits per heavy atom. The number of ether oxygens (including phenoxy) is 1. The van der Waals surface area contributed by atoms with Crippen molar-refractivity contribution in [2.24, 2.45) is 5.41 Å². The predicted molar refractivity (Wildman–Crippen MR) is 102 cm³/mol. The van der Waals surface area contributed by atoms with E-state index in [1.165, 1.54) is 0 Å². The zero-order valence-electron chi connectivity index (χ0n) is 16.5. The van der Waals surface area contributed by atoms with Gasteiger partial charge in [-0.2, -0.15) is 0 Å². The largest absolute Gasteiger partial charge is 0.478 e. The Labute approximate surface area is 156 Å². The second kappa shape index (κ2) is 7.20. The molecule has 5 heteroatoms. The number of hydrogen-bond acceptors (Lipinski definition) is 4. The lowest BCUT2D eigenvalue weighted by Crippen LogP contribution is -2.64. The van der Waals surface area contributed by atoms with E-state index in [1.54, 1.807) is 0 Å². The third kappa shape index (κ3) is 3.60. The van der Waals surface area contributed by atoms with Crippen LogP contribution in [0, 0.1) is 12.3 Å². The van der Waals surface area contributed by atoms with Crippen LogP contribution >= 0.6 is 0 Å². The van der Waals surface area contributed by atoms with E-state index in [0.717, 1.165) is 31.4 Å². The van der Waals surface area contributed by atoms with Gasteiger partial charge in [-0.25, -0.2) is 0 Å². The molecule has 0 saturated carbocycles. The summed E-state index contributed by atoms with van der Waals surface area (Å²) in [5.41, 5.74) is 0.186. The summed E-state index contributed by atoms with van der Waals surface area (Å²) in [6.07, 6.45) is 3.01. The Kier molecular flexibility index (Phi) is 5.31. The number of likely N-dealkylation sites (tertiary alicyclic amines) is 2. The molecule has 1 aromatic rings. The number of aliphatic hydroxyl groups is 1. The maximum Gasteiger partial charge on any atom is 0.266 e. The number of benzene rings is 1. The van der Waals surface area contributed by atoms with Gasteiger partial charge in [-0.05, 0) is 65.8 Å². The molecule has 0 bridgehead atoms. The number of aryl methyl sites for hydroxylation is 1. The fraction of sp³-hybridized carbons (Fsp3) is 0.667. The van der Waals surface area contributed by atoms with Crippen LogP contribution in [0.4, 0.5) is 0 Å². The maximum atomic E-state index is 13.2. The molecule has 144 valence electrons. The summed E-state index contributed by atoms with van der Waals surface area (Å²) in [5, 5.41) is 10.0. The van der Waals surface area contributed by atoms with Crippen LogP contribution in [0.2, 0.25) is 0 Å². The first-order valence-electron chi connectivity index (χ1n) is 9.64. The first-order chi connectivity index (χ1) is 12.3. The summed E-state index contributed by atoms with van der Waals surface area (Å²) in [4.78, 5) is 17.4. The number of aliphatic hydroxyl groups excluding tert-OH is 1. The molecule has 0 aromatic heterocycles. The van der Waals surface area contributed by atoms with E-state index in [9.17, 15) is 9.90 Å². The minimum atomic E-state index is -0.915. The smallest absolute Gasteiger partial charge is 0.266 e. The summed E-state index contributed by atoms with van der Waals surface area (Å²) in [6.45, 7) is 8.29. The highest BCUT2D eigenvalue weighted by Gasteiger charge is 2.49. The lowest BCUT2D eigenvalue weighted by atomic mass is 9.69. The molecule has 1 N–H and O–H groups in total. The van der Waals surface area contributed by atoms with Gasteiger partial charge in [-0.3, -0.25) is 4.79 Å². The molecule has 2 saturated heterocycles. The van der Waals surface area contributed by atoms with E-state index in [1.807, 2.05) is 49.9 Å². The number of amides is 1. The minimum Gasteiger partial charge on any atom is -0.478 e. The number of carbonyl (C=O) groups excluding carboxylic acids is 1. The summed E-state index contributed by atoms with van der Waals surface area (Å²) in [7, 11) is 2.11. The first-order valence-corrected chi connectivity index (χ1v) is 9.64. The number of rotatable bonds is 4. The molecular weight excluding hydrogens is 328 g/mol. The van der Waals surface area contributed by atoms with E-state index in [-0.39, 0.29) is 24.0 Å². The third-order valence-corrected chi connectivity index (χ3v) is 6.21. The van der Waals surface area contributed by atoms with Gasteiger partial charge in [0.2, 0.25) is 0 Å². The Hall–Kier alpha value is -1.59. The van der Waals surface area contributed by atoms with Crippen LogP contribution in [-0.4, -0.2) is 65.7 Å². The SMILES string of the molecule is Cc1ccc(OC(C)(C)C(=O)N2CC[C@@]3(CO)CCCN(C)[C@@H]3C2)cc1. The molecule has 5 nitrogen and oxygen atoms in total. The van der Waals surface area contributed by atoms with Gasteiger partial charge >= 0.3 is 0 Å². The molecule has 0 aliphatic carbocycles. The van der Waals surface area contributed by atoms with Gasteiger partial charge in [0.25, 0.3) is 5.91 Å². The van der Waals surface area contributed by atoms with E-state index >= 15 is 0 Å². The van der Waals surface area contributed by atoms with Crippen molar-refractivity contribution in [1.29, 1.82) is 0 Å². The van der Waals surface area contributed by atoms with Crippen molar-refractivity contribution in [3.05, 3.63) is 29.8 Å². The Morgan fingerprint density at radius 1 is 1.27 bits per heavy atom. The summed E-state index contributed by atoms with van der Waals surface area (Å²) < 4.78 is 6.03. The molecule has 3 rings (SSSR count). The molecule has 0 radical (unpaired) electrons. The second-order valence-corrected chi connectivity index (χ2v) is 8.55. The van der Waals surface area contributed by atoms with Crippen LogP contribution in [-0.2, 0) is 4.79 Å². The molecule has 0 spiro atoms. The van der Waals surface area contributed by atoms with Crippen LogP contribution in [0.1, 0.15) is 38.7 Å². The van der Waals surface area contributed by atoms with Crippen molar-refractivity contribution in [2.75, 3.05) is 33.3 Å². The van der Waals surface area contributed by atoms with Crippen molar-refractivity contribution in [3.8, 4) is 5.75 Å². The molecule has 0 unspecified atom stereocenters. The van der Waals surface area contributed by atoms with Crippen molar-refractivity contribution in [1.82, 2.24) is 9.80 Å². The number of hydrogen-bond donors (Lipinski definition) is 1. The highest BCUT2D eigenvalue weighted by Crippen LogP contribution is 2.42. The van der Waals surface area contributed by atoms with Crippen LogP contribution in [0.3, 0.4) is 0 Å². The molecule has 2 fully saturated rings. The molecule has 2 atom stereocenters. The highest BCUT2D eigenvalue weighted by molar-refractivity contribution is 5.85. The van der Waals surface area contributed by atoms with Gasteiger partial charge in [0.05, 0.1) is 6.61 Å².